The van der Waals surface area contributed by atoms with Gasteiger partial charge in [0.15, 0.2) is 5.82 Å². The first kappa shape index (κ1) is 9.08. The molecule has 0 N–H and O–H groups in total. The zero-order valence-corrected chi connectivity index (χ0v) is 5.31. The predicted octanol–water partition coefficient (Wildman–Crippen LogP) is -4.76. The van der Waals surface area contributed by atoms with E-state index in [1.165, 1.54) is 0 Å². The van der Waals surface area contributed by atoms with Crippen LogP contribution >= 0.6 is 0 Å². The Kier molecular flexibility index (Phi) is 3.62. The van der Waals surface area contributed by atoms with Gasteiger partial charge in [0.2, 0.25) is 0 Å². The molecule has 0 radical (unpaired) electrons. The molecule has 0 aliphatic heterocycles. The zero-order chi connectivity index (χ0) is 6.69. The van der Waals surface area contributed by atoms with Gasteiger partial charge in [-0.25, -0.2) is 15.0 Å². The zero-order valence-electron chi connectivity index (χ0n) is 5.31. The largest absolute Gasteiger partial charge is 1.00 e. The van der Waals surface area contributed by atoms with E-state index in [9.17, 15) is 9.90 Å². The SMILES string of the molecule is O=C([O-])c1ncncn1.[Li+]. The third kappa shape index (κ3) is 2.13. The van der Waals surface area contributed by atoms with Crippen molar-refractivity contribution in [1.29, 1.82) is 0 Å². The number of carbonyl (C=O) groups is 1. The average molecular weight is 131 g/mol. The van der Waals surface area contributed by atoms with Gasteiger partial charge in [-0.2, -0.15) is 0 Å². The van der Waals surface area contributed by atoms with Crippen molar-refractivity contribution in [1.82, 2.24) is 15.0 Å². The Labute approximate surface area is 68.7 Å². The van der Waals surface area contributed by atoms with E-state index in [0.717, 1.165) is 12.7 Å². The van der Waals surface area contributed by atoms with E-state index in [-0.39, 0.29) is 24.7 Å². The third-order valence-corrected chi connectivity index (χ3v) is 0.676. The second-order valence-corrected chi connectivity index (χ2v) is 1.25. The van der Waals surface area contributed by atoms with Crippen LogP contribution in [0.15, 0.2) is 12.7 Å². The first-order chi connectivity index (χ1) is 4.30. The van der Waals surface area contributed by atoms with Crippen molar-refractivity contribution in [2.45, 2.75) is 0 Å². The molecule has 1 heterocycles. The minimum atomic E-state index is -1.39. The number of aromatic nitrogens is 3. The molecule has 0 aromatic carbocycles. The van der Waals surface area contributed by atoms with Gasteiger partial charge in [-0.05, 0) is 0 Å². The molecule has 1 rings (SSSR count). The Hall–Kier alpha value is -0.923. The normalized spacial score (nSPS) is 8.00. The summed E-state index contributed by atoms with van der Waals surface area (Å²) in [4.78, 5) is 19.9. The maximum Gasteiger partial charge on any atom is 1.00 e. The molecule has 5 nitrogen and oxygen atoms in total. The Bertz CT molecular complexity index is 215. The summed E-state index contributed by atoms with van der Waals surface area (Å²) in [5.74, 6) is -1.73. The molecule has 46 valence electrons. The average Bonchev–Trinajstić information content (AvgIpc) is 1.90. The summed E-state index contributed by atoms with van der Waals surface area (Å²) in [6.07, 6.45) is 2.19. The molecular weight excluding hydrogens is 129 g/mol. The summed E-state index contributed by atoms with van der Waals surface area (Å²) in [6.45, 7) is 0. The van der Waals surface area contributed by atoms with E-state index in [1.807, 2.05) is 0 Å². The van der Waals surface area contributed by atoms with E-state index in [2.05, 4.69) is 15.0 Å². The molecule has 0 aliphatic carbocycles. The Morgan fingerprint density at radius 3 is 2.20 bits per heavy atom. The summed E-state index contributed by atoms with van der Waals surface area (Å²) >= 11 is 0. The molecule has 1 aromatic rings. The first-order valence-electron chi connectivity index (χ1n) is 2.14. The number of carboxylic acids is 1. The summed E-state index contributed by atoms with van der Waals surface area (Å²) in [5.41, 5.74) is 0. The van der Waals surface area contributed by atoms with Gasteiger partial charge in [-0.3, -0.25) is 0 Å². The van der Waals surface area contributed by atoms with E-state index in [4.69, 9.17) is 0 Å². The van der Waals surface area contributed by atoms with Crippen molar-refractivity contribution in [3.05, 3.63) is 18.5 Å². The van der Waals surface area contributed by atoms with Crippen molar-refractivity contribution >= 4 is 5.97 Å². The van der Waals surface area contributed by atoms with Crippen LogP contribution in [0.4, 0.5) is 0 Å². The van der Waals surface area contributed by atoms with Gasteiger partial charge in [0.25, 0.3) is 0 Å². The van der Waals surface area contributed by atoms with Crippen LogP contribution in [0.3, 0.4) is 0 Å². The second kappa shape index (κ2) is 3.98. The molecule has 0 bridgehead atoms. The number of aromatic carboxylic acids is 1. The molecule has 0 aliphatic rings. The van der Waals surface area contributed by atoms with E-state index >= 15 is 0 Å². The number of hydrogen-bond donors (Lipinski definition) is 0. The quantitative estimate of drug-likeness (QED) is 0.357. The number of carbonyl (C=O) groups excluding carboxylic acids is 1. The van der Waals surface area contributed by atoms with E-state index in [0.29, 0.717) is 0 Å². The fraction of sp³-hybridized carbons (Fsp3) is 0. The molecule has 0 amide bonds. The predicted molar refractivity (Wildman–Crippen MR) is 24.2 cm³/mol. The number of carboxylic acid groups (broad SMARTS) is 1. The van der Waals surface area contributed by atoms with Gasteiger partial charge < -0.3 is 9.90 Å². The molecule has 0 unspecified atom stereocenters. The van der Waals surface area contributed by atoms with Crippen LogP contribution in [0.25, 0.3) is 0 Å². The number of rotatable bonds is 1. The molecule has 0 atom stereocenters. The minimum absolute atomic E-state index is 0. The Morgan fingerprint density at radius 2 is 1.90 bits per heavy atom. The fourth-order valence-electron chi connectivity index (χ4n) is 0.345. The maximum atomic E-state index is 9.94. The minimum Gasteiger partial charge on any atom is -0.541 e. The van der Waals surface area contributed by atoms with Gasteiger partial charge in [-0.15, -0.1) is 0 Å². The van der Waals surface area contributed by atoms with Crippen LogP contribution in [-0.4, -0.2) is 20.9 Å². The van der Waals surface area contributed by atoms with Gasteiger partial charge in [0.05, 0.1) is 0 Å². The molecule has 0 spiro atoms. The van der Waals surface area contributed by atoms with E-state index in [1.54, 1.807) is 0 Å². The third-order valence-electron chi connectivity index (χ3n) is 0.676. The molecular formula is C4H2LiN3O2. The summed E-state index contributed by atoms with van der Waals surface area (Å²) in [5, 5.41) is 9.94. The molecule has 0 saturated heterocycles. The summed E-state index contributed by atoms with van der Waals surface area (Å²) < 4.78 is 0. The molecule has 0 fully saturated rings. The first-order valence-corrected chi connectivity index (χ1v) is 2.14. The monoisotopic (exact) mass is 131 g/mol. The topological polar surface area (TPSA) is 78.8 Å². The summed E-state index contributed by atoms with van der Waals surface area (Å²) in [6, 6.07) is 0. The second-order valence-electron chi connectivity index (χ2n) is 1.25. The van der Waals surface area contributed by atoms with Crippen LogP contribution in [0.2, 0.25) is 0 Å². The van der Waals surface area contributed by atoms with Crippen molar-refractivity contribution in [2.75, 3.05) is 0 Å². The fourth-order valence-corrected chi connectivity index (χ4v) is 0.345. The van der Waals surface area contributed by atoms with Gasteiger partial charge in [-0.1, -0.05) is 0 Å². The van der Waals surface area contributed by atoms with Crippen molar-refractivity contribution in [3.63, 3.8) is 0 Å². The summed E-state index contributed by atoms with van der Waals surface area (Å²) in [7, 11) is 0. The van der Waals surface area contributed by atoms with Gasteiger partial charge in [0.1, 0.15) is 18.6 Å². The van der Waals surface area contributed by atoms with Crippen molar-refractivity contribution in [3.8, 4) is 0 Å². The van der Waals surface area contributed by atoms with Crippen molar-refractivity contribution < 1.29 is 28.8 Å². The number of hydrogen-bond acceptors (Lipinski definition) is 5. The Balaban J connectivity index is 0.000000810. The van der Waals surface area contributed by atoms with Gasteiger partial charge in [0, 0.05) is 0 Å². The Morgan fingerprint density at radius 1 is 1.40 bits per heavy atom. The van der Waals surface area contributed by atoms with Crippen LogP contribution in [0, 0.1) is 0 Å². The molecule has 10 heavy (non-hydrogen) atoms. The van der Waals surface area contributed by atoms with Crippen LogP contribution in [0.5, 0.6) is 0 Å². The molecule has 0 saturated carbocycles. The smallest absolute Gasteiger partial charge is 0.541 e. The van der Waals surface area contributed by atoms with Crippen LogP contribution in [0.1, 0.15) is 10.6 Å². The number of nitrogens with zero attached hydrogens (tertiary/aromatic N) is 3. The van der Waals surface area contributed by atoms with E-state index < -0.39 is 5.97 Å². The maximum absolute atomic E-state index is 9.94. The van der Waals surface area contributed by atoms with Crippen molar-refractivity contribution in [2.24, 2.45) is 0 Å². The molecule has 6 heteroatoms. The van der Waals surface area contributed by atoms with Crippen LogP contribution < -0.4 is 24.0 Å². The standard InChI is InChI=1S/C4H3N3O2.Li/c8-4(9)3-6-1-5-2-7-3;/h1-2H,(H,8,9);/q;+1/p-1. The van der Waals surface area contributed by atoms with Crippen LogP contribution in [-0.2, 0) is 0 Å². The van der Waals surface area contributed by atoms with Gasteiger partial charge >= 0.3 is 18.9 Å². The molecule has 1 aromatic heterocycles.